The molecule has 0 aromatic carbocycles. The van der Waals surface area contributed by atoms with Crippen LogP contribution in [-0.2, 0) is 19.4 Å². The molecular weight excluding hydrogens is 222 g/mol. The second kappa shape index (κ2) is 4.61. The number of carbonyl (C=O) groups excluding carboxylic acids is 1. The number of hydrogen-bond acceptors (Lipinski definition) is 4. The molecule has 0 atom stereocenters. The van der Waals surface area contributed by atoms with Gasteiger partial charge in [0.25, 0.3) is 0 Å². The van der Waals surface area contributed by atoms with Gasteiger partial charge >= 0.3 is 5.97 Å². The average molecular weight is 235 g/mol. The van der Waals surface area contributed by atoms with Gasteiger partial charge in [0.1, 0.15) is 5.75 Å². The molecular formula is C8H13NO5S. The summed E-state index contributed by atoms with van der Waals surface area (Å²) in [5.41, 5.74) is 0. The first-order valence-electron chi connectivity index (χ1n) is 4.60. The number of carboxylic acids is 1. The van der Waals surface area contributed by atoms with Crippen molar-refractivity contribution in [2.24, 2.45) is 0 Å². The maximum atomic E-state index is 11.2. The zero-order valence-electron chi connectivity index (χ0n) is 8.10. The summed E-state index contributed by atoms with van der Waals surface area (Å²) in [6, 6.07) is 0.118. The Morgan fingerprint density at radius 1 is 1.33 bits per heavy atom. The van der Waals surface area contributed by atoms with Crippen molar-refractivity contribution in [3.05, 3.63) is 0 Å². The molecule has 0 unspecified atom stereocenters. The number of carboxylic acid groups (broad SMARTS) is 1. The number of rotatable bonds is 6. The van der Waals surface area contributed by atoms with Crippen LogP contribution in [0.3, 0.4) is 0 Å². The molecule has 0 aromatic rings. The molecule has 0 aromatic heterocycles. The number of aliphatic carboxylic acids is 1. The van der Waals surface area contributed by atoms with Gasteiger partial charge in [-0.1, -0.05) is 0 Å². The molecule has 1 amide bonds. The van der Waals surface area contributed by atoms with Crippen molar-refractivity contribution < 1.29 is 23.1 Å². The van der Waals surface area contributed by atoms with Crippen molar-refractivity contribution >= 4 is 21.7 Å². The molecule has 0 aliphatic heterocycles. The molecule has 1 aliphatic rings. The molecule has 1 saturated carbocycles. The van der Waals surface area contributed by atoms with E-state index in [0.29, 0.717) is 0 Å². The summed E-state index contributed by atoms with van der Waals surface area (Å²) < 4.78 is 22.4. The highest BCUT2D eigenvalue weighted by Crippen LogP contribution is 2.18. The highest BCUT2D eigenvalue weighted by Gasteiger charge is 2.25. The van der Waals surface area contributed by atoms with Crippen molar-refractivity contribution in [1.29, 1.82) is 0 Å². The number of hydrogen-bond donors (Lipinski definition) is 2. The van der Waals surface area contributed by atoms with Crippen LogP contribution >= 0.6 is 0 Å². The highest BCUT2D eigenvalue weighted by molar-refractivity contribution is 7.92. The fourth-order valence-corrected chi connectivity index (χ4v) is 2.12. The van der Waals surface area contributed by atoms with Gasteiger partial charge in [-0.15, -0.1) is 0 Å². The summed E-state index contributed by atoms with van der Waals surface area (Å²) in [6.45, 7) is 0. The van der Waals surface area contributed by atoms with Crippen LogP contribution in [0, 0.1) is 0 Å². The Bertz CT molecular complexity index is 357. The number of nitrogens with one attached hydrogen (secondary N) is 1. The van der Waals surface area contributed by atoms with E-state index in [4.69, 9.17) is 5.11 Å². The lowest BCUT2D eigenvalue weighted by atomic mass is 10.5. The van der Waals surface area contributed by atoms with Crippen LogP contribution < -0.4 is 5.32 Å². The zero-order valence-corrected chi connectivity index (χ0v) is 8.92. The fraction of sp³-hybridized carbons (Fsp3) is 0.750. The van der Waals surface area contributed by atoms with Crippen molar-refractivity contribution in [2.45, 2.75) is 25.3 Å². The quantitative estimate of drug-likeness (QED) is 0.625. The minimum Gasteiger partial charge on any atom is -0.481 e. The van der Waals surface area contributed by atoms with E-state index in [9.17, 15) is 18.0 Å². The molecule has 6 nitrogen and oxygen atoms in total. The molecule has 1 fully saturated rings. The Hall–Kier alpha value is -1.11. The van der Waals surface area contributed by atoms with Crippen molar-refractivity contribution in [3.63, 3.8) is 0 Å². The van der Waals surface area contributed by atoms with Gasteiger partial charge in [-0.25, -0.2) is 8.42 Å². The molecule has 0 bridgehead atoms. The van der Waals surface area contributed by atoms with Gasteiger partial charge in [0, 0.05) is 6.04 Å². The van der Waals surface area contributed by atoms with E-state index >= 15 is 0 Å². The highest BCUT2D eigenvalue weighted by atomic mass is 32.2. The van der Waals surface area contributed by atoms with E-state index in [1.807, 2.05) is 0 Å². The first-order chi connectivity index (χ1) is 6.89. The van der Waals surface area contributed by atoms with Gasteiger partial charge in [0.2, 0.25) is 5.91 Å². The fourth-order valence-electron chi connectivity index (χ4n) is 1.01. The van der Waals surface area contributed by atoms with Gasteiger partial charge in [0.15, 0.2) is 9.84 Å². The Morgan fingerprint density at radius 2 is 1.93 bits per heavy atom. The minimum absolute atomic E-state index is 0.118. The summed E-state index contributed by atoms with van der Waals surface area (Å²) >= 11 is 0. The number of carbonyl (C=O) groups is 2. The van der Waals surface area contributed by atoms with E-state index in [0.717, 1.165) is 12.8 Å². The predicted molar refractivity (Wildman–Crippen MR) is 52.1 cm³/mol. The van der Waals surface area contributed by atoms with Gasteiger partial charge in [0.05, 0.1) is 12.2 Å². The smallest absolute Gasteiger partial charge is 0.304 e. The third kappa shape index (κ3) is 5.36. The first kappa shape index (κ1) is 12.0. The number of amides is 1. The standard InChI is InChI=1S/C8H13NO5S/c10-7(9-6-1-2-6)5-15(13,14)4-3-8(11)12/h6H,1-5H2,(H,9,10)(H,11,12). The van der Waals surface area contributed by atoms with E-state index < -0.39 is 39.6 Å². The maximum Gasteiger partial charge on any atom is 0.304 e. The lowest BCUT2D eigenvalue weighted by Crippen LogP contribution is -2.33. The molecule has 86 valence electrons. The van der Waals surface area contributed by atoms with Crippen molar-refractivity contribution in [2.75, 3.05) is 11.5 Å². The Morgan fingerprint density at radius 3 is 2.40 bits per heavy atom. The van der Waals surface area contributed by atoms with Crippen molar-refractivity contribution in [3.8, 4) is 0 Å². The lowest BCUT2D eigenvalue weighted by molar-refractivity contribution is -0.136. The Balaban J connectivity index is 2.33. The molecule has 2 N–H and O–H groups in total. The SMILES string of the molecule is O=C(O)CCS(=O)(=O)CC(=O)NC1CC1. The van der Waals surface area contributed by atoms with Crippen LogP contribution in [0.25, 0.3) is 0 Å². The molecule has 0 radical (unpaired) electrons. The Kier molecular flexibility index (Phi) is 3.67. The molecule has 1 rings (SSSR count). The molecule has 0 spiro atoms. The minimum atomic E-state index is -3.59. The molecule has 1 aliphatic carbocycles. The van der Waals surface area contributed by atoms with Crippen LogP contribution in [-0.4, -0.2) is 42.9 Å². The van der Waals surface area contributed by atoms with E-state index in [1.165, 1.54) is 0 Å². The number of sulfone groups is 1. The molecule has 0 heterocycles. The summed E-state index contributed by atoms with van der Waals surface area (Å²) in [6.07, 6.45) is 1.32. The third-order valence-corrected chi connectivity index (χ3v) is 3.45. The van der Waals surface area contributed by atoms with Gasteiger partial charge < -0.3 is 10.4 Å². The second-order valence-corrected chi connectivity index (χ2v) is 5.76. The molecule has 15 heavy (non-hydrogen) atoms. The van der Waals surface area contributed by atoms with Crippen molar-refractivity contribution in [1.82, 2.24) is 5.32 Å². The van der Waals surface area contributed by atoms with Crippen LogP contribution in [0.4, 0.5) is 0 Å². The third-order valence-electron chi connectivity index (χ3n) is 1.92. The van der Waals surface area contributed by atoms with Gasteiger partial charge in [-0.2, -0.15) is 0 Å². The normalized spacial score (nSPS) is 16.0. The monoisotopic (exact) mass is 235 g/mol. The van der Waals surface area contributed by atoms with E-state index in [1.54, 1.807) is 0 Å². The van der Waals surface area contributed by atoms with Crippen LogP contribution in [0.5, 0.6) is 0 Å². The zero-order chi connectivity index (χ0) is 11.5. The van der Waals surface area contributed by atoms with E-state index in [-0.39, 0.29) is 6.04 Å². The predicted octanol–water partition coefficient (Wildman–Crippen LogP) is -0.845. The van der Waals surface area contributed by atoms with E-state index in [2.05, 4.69) is 5.32 Å². The summed E-state index contributed by atoms with van der Waals surface area (Å²) in [5, 5.41) is 10.8. The second-order valence-electron chi connectivity index (χ2n) is 3.58. The van der Waals surface area contributed by atoms with Gasteiger partial charge in [-0.05, 0) is 12.8 Å². The molecule has 7 heteroatoms. The van der Waals surface area contributed by atoms with Crippen LogP contribution in [0.2, 0.25) is 0 Å². The molecule has 0 saturated heterocycles. The average Bonchev–Trinajstić information content (AvgIpc) is 2.83. The van der Waals surface area contributed by atoms with Crippen LogP contribution in [0.1, 0.15) is 19.3 Å². The van der Waals surface area contributed by atoms with Crippen LogP contribution in [0.15, 0.2) is 0 Å². The first-order valence-corrected chi connectivity index (χ1v) is 6.43. The Labute approximate surface area is 87.6 Å². The lowest BCUT2D eigenvalue weighted by Gasteiger charge is -2.03. The largest absolute Gasteiger partial charge is 0.481 e. The maximum absolute atomic E-state index is 11.2. The summed E-state index contributed by atoms with van der Waals surface area (Å²) in [4.78, 5) is 21.3. The topological polar surface area (TPSA) is 101 Å². The summed E-state index contributed by atoms with van der Waals surface area (Å²) in [5.74, 6) is -2.82. The summed E-state index contributed by atoms with van der Waals surface area (Å²) in [7, 11) is -3.59. The van der Waals surface area contributed by atoms with Gasteiger partial charge in [-0.3, -0.25) is 9.59 Å².